The van der Waals surface area contributed by atoms with Crippen LogP contribution < -0.4 is 0 Å². The van der Waals surface area contributed by atoms with Crippen molar-refractivity contribution in [2.24, 2.45) is 0 Å². The van der Waals surface area contributed by atoms with Crippen LogP contribution in [0.3, 0.4) is 0 Å². The van der Waals surface area contributed by atoms with Crippen molar-refractivity contribution in [1.29, 1.82) is 0 Å². The first-order chi connectivity index (χ1) is 13.7. The number of aromatic nitrogens is 2. The van der Waals surface area contributed by atoms with Gasteiger partial charge in [0.1, 0.15) is 11.5 Å². The first-order valence-corrected chi connectivity index (χ1v) is 10.3. The first kappa shape index (κ1) is 18.5. The quantitative estimate of drug-likeness (QED) is 0.263. The van der Waals surface area contributed by atoms with Gasteiger partial charge >= 0.3 is 0 Å². The second kappa shape index (κ2) is 8.42. The van der Waals surface area contributed by atoms with Crippen molar-refractivity contribution >= 4 is 21.8 Å². The molecule has 4 N–H and O–H groups in total. The third-order valence-electron chi connectivity index (χ3n) is 5.46. The van der Waals surface area contributed by atoms with Crippen LogP contribution in [-0.4, -0.2) is 20.2 Å². The Balaban J connectivity index is 1.12. The molecule has 0 unspecified atom stereocenters. The van der Waals surface area contributed by atoms with Crippen LogP contribution in [0, 0.1) is 0 Å². The Labute approximate surface area is 165 Å². The number of aromatic amines is 2. The molecule has 0 saturated carbocycles. The summed E-state index contributed by atoms with van der Waals surface area (Å²) in [5.74, 6) is 0.646. The number of H-pyrrole nitrogens is 2. The number of rotatable bonds is 9. The zero-order chi connectivity index (χ0) is 19.3. The summed E-state index contributed by atoms with van der Waals surface area (Å²) < 4.78 is 0. The third kappa shape index (κ3) is 4.50. The molecule has 2 aromatic heterocycles. The van der Waals surface area contributed by atoms with Crippen LogP contribution in [0.4, 0.5) is 0 Å². The molecule has 0 radical (unpaired) electrons. The van der Waals surface area contributed by atoms with Crippen LogP contribution in [0.2, 0.25) is 0 Å². The predicted molar refractivity (Wildman–Crippen MR) is 115 cm³/mol. The van der Waals surface area contributed by atoms with Gasteiger partial charge in [0.2, 0.25) is 0 Å². The maximum absolute atomic E-state index is 9.55. The zero-order valence-corrected chi connectivity index (χ0v) is 16.2. The van der Waals surface area contributed by atoms with Crippen molar-refractivity contribution in [3.8, 4) is 11.5 Å². The Morgan fingerprint density at radius 1 is 0.536 bits per heavy atom. The summed E-state index contributed by atoms with van der Waals surface area (Å²) in [4.78, 5) is 6.87. The van der Waals surface area contributed by atoms with Crippen molar-refractivity contribution in [2.75, 3.05) is 0 Å². The van der Waals surface area contributed by atoms with Crippen LogP contribution in [0.5, 0.6) is 11.5 Å². The lowest BCUT2D eigenvalue weighted by molar-refractivity contribution is 0.475. The zero-order valence-electron chi connectivity index (χ0n) is 16.2. The molecule has 4 aromatic rings. The Bertz CT molecular complexity index is 975. The van der Waals surface area contributed by atoms with Gasteiger partial charge in [-0.3, -0.25) is 0 Å². The van der Waals surface area contributed by atoms with E-state index in [4.69, 9.17) is 0 Å². The van der Waals surface area contributed by atoms with E-state index in [2.05, 4.69) is 22.1 Å². The molecule has 2 aromatic carbocycles. The molecule has 0 atom stereocenters. The number of phenolic OH excluding ortho intramolecular Hbond substituents is 2. The van der Waals surface area contributed by atoms with Crippen molar-refractivity contribution in [1.82, 2.24) is 9.97 Å². The van der Waals surface area contributed by atoms with Gasteiger partial charge in [-0.1, -0.05) is 25.7 Å². The van der Waals surface area contributed by atoms with Crippen LogP contribution >= 0.6 is 0 Å². The summed E-state index contributed by atoms with van der Waals surface area (Å²) >= 11 is 0. The second-order valence-corrected chi connectivity index (χ2v) is 7.75. The SMILES string of the molecule is Oc1ccc2[nH]c(CCCCCCCCc3cc4cc(O)ccc4[nH]3)cc2c1. The standard InChI is InChI=1S/C24H28N2O2/c27-21-9-11-23-17(15-21)13-19(25-23)7-5-3-1-2-4-6-8-20-14-18-16-22(28)10-12-24(18)26-20/h9-16,25-28H,1-8H2. The minimum atomic E-state index is 0.323. The van der Waals surface area contributed by atoms with Gasteiger partial charge in [0, 0.05) is 33.2 Å². The topological polar surface area (TPSA) is 72.0 Å². The van der Waals surface area contributed by atoms with E-state index in [1.54, 1.807) is 12.1 Å². The molecule has 4 nitrogen and oxygen atoms in total. The molecular weight excluding hydrogens is 348 g/mol. The molecule has 2 heterocycles. The van der Waals surface area contributed by atoms with Crippen molar-refractivity contribution < 1.29 is 10.2 Å². The summed E-state index contributed by atoms with van der Waals surface area (Å²) in [6.45, 7) is 0. The number of hydrogen-bond donors (Lipinski definition) is 4. The Hall–Kier alpha value is -2.88. The third-order valence-corrected chi connectivity index (χ3v) is 5.46. The number of nitrogens with one attached hydrogen (secondary N) is 2. The van der Waals surface area contributed by atoms with Gasteiger partial charge in [0.15, 0.2) is 0 Å². The highest BCUT2D eigenvalue weighted by Gasteiger charge is 2.03. The fraction of sp³-hybridized carbons (Fsp3) is 0.333. The molecule has 0 aliphatic rings. The number of aryl methyl sites for hydroxylation is 2. The minimum Gasteiger partial charge on any atom is -0.508 e. The lowest BCUT2D eigenvalue weighted by Crippen LogP contribution is -1.88. The van der Waals surface area contributed by atoms with Crippen molar-refractivity contribution in [3.63, 3.8) is 0 Å². The smallest absolute Gasteiger partial charge is 0.116 e. The van der Waals surface area contributed by atoms with Gasteiger partial charge in [-0.05, 0) is 74.2 Å². The van der Waals surface area contributed by atoms with Gasteiger partial charge in [-0.15, -0.1) is 0 Å². The number of hydrogen-bond acceptors (Lipinski definition) is 2. The van der Waals surface area contributed by atoms with E-state index in [1.165, 1.54) is 49.9 Å². The fourth-order valence-corrected chi connectivity index (χ4v) is 3.97. The van der Waals surface area contributed by atoms with Gasteiger partial charge < -0.3 is 20.2 Å². The molecule has 0 aliphatic carbocycles. The Morgan fingerprint density at radius 2 is 0.964 bits per heavy atom. The van der Waals surface area contributed by atoms with E-state index in [0.717, 1.165) is 34.6 Å². The molecule has 0 aliphatic heterocycles. The fourth-order valence-electron chi connectivity index (χ4n) is 3.97. The largest absolute Gasteiger partial charge is 0.508 e. The van der Waals surface area contributed by atoms with Gasteiger partial charge in [-0.25, -0.2) is 0 Å². The first-order valence-electron chi connectivity index (χ1n) is 10.3. The normalized spacial score (nSPS) is 11.6. The van der Waals surface area contributed by atoms with Gasteiger partial charge in [0.25, 0.3) is 0 Å². The highest BCUT2D eigenvalue weighted by Crippen LogP contribution is 2.23. The molecule has 0 spiro atoms. The predicted octanol–water partition coefficient (Wildman–Crippen LogP) is 6.19. The van der Waals surface area contributed by atoms with Crippen LogP contribution in [0.1, 0.15) is 49.9 Å². The average Bonchev–Trinajstić information content (AvgIpc) is 3.26. The monoisotopic (exact) mass is 376 g/mol. The van der Waals surface area contributed by atoms with Crippen molar-refractivity contribution in [2.45, 2.75) is 51.4 Å². The summed E-state index contributed by atoms with van der Waals surface area (Å²) in [5.41, 5.74) is 4.70. The number of fused-ring (bicyclic) bond motifs is 2. The summed E-state index contributed by atoms with van der Waals surface area (Å²) in [6.07, 6.45) is 9.60. The molecule has 146 valence electrons. The minimum absolute atomic E-state index is 0.323. The maximum Gasteiger partial charge on any atom is 0.116 e. The maximum atomic E-state index is 9.55. The molecule has 4 rings (SSSR count). The number of phenols is 2. The number of aromatic hydroxyl groups is 2. The van der Waals surface area contributed by atoms with Gasteiger partial charge in [0.05, 0.1) is 0 Å². The highest BCUT2D eigenvalue weighted by atomic mass is 16.3. The molecule has 28 heavy (non-hydrogen) atoms. The number of unbranched alkanes of at least 4 members (excludes halogenated alkanes) is 5. The van der Waals surface area contributed by atoms with Crippen LogP contribution in [0.25, 0.3) is 21.8 Å². The van der Waals surface area contributed by atoms with Crippen LogP contribution in [-0.2, 0) is 12.8 Å². The molecular formula is C24H28N2O2. The van der Waals surface area contributed by atoms with E-state index in [9.17, 15) is 10.2 Å². The second-order valence-electron chi connectivity index (χ2n) is 7.75. The summed E-state index contributed by atoms with van der Waals surface area (Å²) in [6, 6.07) is 15.2. The number of benzene rings is 2. The van der Waals surface area contributed by atoms with E-state index >= 15 is 0 Å². The molecule has 0 amide bonds. The van der Waals surface area contributed by atoms with E-state index in [-0.39, 0.29) is 0 Å². The molecule has 0 fully saturated rings. The lowest BCUT2D eigenvalue weighted by Gasteiger charge is -2.01. The summed E-state index contributed by atoms with van der Waals surface area (Å²) in [5, 5.41) is 21.3. The molecule has 4 heteroatoms. The lowest BCUT2D eigenvalue weighted by atomic mass is 10.1. The van der Waals surface area contributed by atoms with Crippen LogP contribution in [0.15, 0.2) is 48.5 Å². The van der Waals surface area contributed by atoms with E-state index < -0.39 is 0 Å². The Kier molecular flexibility index (Phi) is 5.56. The van der Waals surface area contributed by atoms with E-state index in [1.807, 2.05) is 24.3 Å². The van der Waals surface area contributed by atoms with Crippen molar-refractivity contribution in [3.05, 3.63) is 59.9 Å². The Morgan fingerprint density at radius 3 is 1.43 bits per heavy atom. The molecule has 0 bridgehead atoms. The molecule has 0 saturated heterocycles. The average molecular weight is 376 g/mol. The highest BCUT2D eigenvalue weighted by molar-refractivity contribution is 5.82. The summed E-state index contributed by atoms with van der Waals surface area (Å²) in [7, 11) is 0. The van der Waals surface area contributed by atoms with E-state index in [0.29, 0.717) is 11.5 Å². The van der Waals surface area contributed by atoms with Gasteiger partial charge in [-0.2, -0.15) is 0 Å².